The first-order valence-electron chi connectivity index (χ1n) is 18.7. The van der Waals surface area contributed by atoms with Gasteiger partial charge in [0, 0.05) is 69.3 Å². The van der Waals surface area contributed by atoms with Crippen LogP contribution in [0.2, 0.25) is 0 Å². The molecule has 0 radical (unpaired) electrons. The predicted octanol–water partition coefficient (Wildman–Crippen LogP) is 5.04. The highest BCUT2D eigenvalue weighted by atomic mass is 19.1. The van der Waals surface area contributed by atoms with E-state index in [-0.39, 0.29) is 23.1 Å². The summed E-state index contributed by atoms with van der Waals surface area (Å²) in [5.74, 6) is 1.34. The number of likely N-dealkylation sites (tertiary alicyclic amines) is 3. The summed E-state index contributed by atoms with van der Waals surface area (Å²) < 4.78 is 20.2. The van der Waals surface area contributed by atoms with E-state index in [4.69, 9.17) is 4.74 Å². The van der Waals surface area contributed by atoms with Gasteiger partial charge >= 0.3 is 5.97 Å². The van der Waals surface area contributed by atoms with E-state index in [0.29, 0.717) is 49.4 Å². The van der Waals surface area contributed by atoms with E-state index < -0.39 is 5.60 Å². The number of halogens is 1. The smallest absolute Gasteiger partial charge is 0.305 e. The number of aliphatic hydroxyl groups is 1. The summed E-state index contributed by atoms with van der Waals surface area (Å²) in [6, 6.07) is 16.0. The van der Waals surface area contributed by atoms with Gasteiger partial charge in [-0.25, -0.2) is 4.39 Å². The largest absolute Gasteiger partial charge is 0.469 e. The molecule has 2 aromatic rings. The van der Waals surface area contributed by atoms with Crippen LogP contribution in [0.1, 0.15) is 68.6 Å². The summed E-state index contributed by atoms with van der Waals surface area (Å²) in [5, 5.41) is 19.9. The third kappa shape index (κ3) is 7.26. The van der Waals surface area contributed by atoms with Crippen molar-refractivity contribution in [1.29, 1.82) is 5.26 Å². The number of piperidine rings is 1. The fraction of sp³-hybridized carbons (Fsp3) is 0.650. The number of rotatable bonds is 12. The van der Waals surface area contributed by atoms with E-state index >= 15 is 0 Å². The van der Waals surface area contributed by atoms with Gasteiger partial charge in [0.25, 0.3) is 0 Å². The number of methoxy groups -OCH3 is 1. The monoisotopic (exact) mass is 671 g/mol. The van der Waals surface area contributed by atoms with Crippen LogP contribution in [0, 0.1) is 40.8 Å². The molecule has 1 N–H and O–H groups in total. The first-order chi connectivity index (χ1) is 23.7. The maximum Gasteiger partial charge on any atom is 0.305 e. The summed E-state index contributed by atoms with van der Waals surface area (Å²) in [6.07, 6.45) is 7.08. The third-order valence-electron chi connectivity index (χ3n) is 12.7. The highest BCUT2D eigenvalue weighted by Gasteiger charge is 2.53. The Labute approximate surface area is 291 Å². The SMILES string of the molecule is COC(=O)C[C@H]1CCC[C@@H]1[C@](CN1CCC1)(c1cccc(F)c1)C1CCN(CC2CN(c3ccc(C#N)c(CN4CC(C)(O)C4)c3)C2)CC1. The minimum absolute atomic E-state index is 0.124. The molecule has 5 fully saturated rings. The Morgan fingerprint density at radius 3 is 2.45 bits per heavy atom. The maximum absolute atomic E-state index is 15.0. The molecule has 0 aromatic heterocycles. The summed E-state index contributed by atoms with van der Waals surface area (Å²) in [5.41, 5.74) is 3.26. The lowest BCUT2D eigenvalue weighted by molar-refractivity contribution is -0.142. The molecule has 4 heterocycles. The van der Waals surface area contributed by atoms with E-state index in [1.807, 2.05) is 25.1 Å². The zero-order valence-electron chi connectivity index (χ0n) is 29.5. The molecule has 0 spiro atoms. The van der Waals surface area contributed by atoms with Crippen molar-refractivity contribution in [3.63, 3.8) is 0 Å². The first kappa shape index (κ1) is 34.4. The molecular weight excluding hydrogens is 617 g/mol. The second-order valence-electron chi connectivity index (χ2n) is 16.2. The van der Waals surface area contributed by atoms with Crippen LogP contribution in [0.4, 0.5) is 10.1 Å². The number of benzene rings is 2. The Morgan fingerprint density at radius 2 is 1.80 bits per heavy atom. The third-order valence-corrected chi connectivity index (χ3v) is 12.7. The van der Waals surface area contributed by atoms with Gasteiger partial charge in [0.15, 0.2) is 0 Å². The second-order valence-corrected chi connectivity index (χ2v) is 16.2. The number of nitrogens with zero attached hydrogens (tertiary/aromatic N) is 5. The van der Waals surface area contributed by atoms with Gasteiger partial charge in [-0.1, -0.05) is 18.6 Å². The zero-order valence-corrected chi connectivity index (χ0v) is 29.5. The Hall–Kier alpha value is -3.03. The number of hydrogen-bond acceptors (Lipinski definition) is 8. The Kier molecular flexibility index (Phi) is 10.0. The second kappa shape index (κ2) is 14.3. The van der Waals surface area contributed by atoms with Crippen LogP contribution in [0.25, 0.3) is 0 Å². The van der Waals surface area contributed by atoms with Crippen molar-refractivity contribution in [2.75, 3.05) is 77.5 Å². The van der Waals surface area contributed by atoms with Gasteiger partial charge in [-0.15, -0.1) is 0 Å². The van der Waals surface area contributed by atoms with Crippen LogP contribution in [0.15, 0.2) is 42.5 Å². The first-order valence-corrected chi connectivity index (χ1v) is 18.7. The molecule has 9 heteroatoms. The van der Waals surface area contributed by atoms with Gasteiger partial charge in [-0.05, 0) is 124 Å². The summed E-state index contributed by atoms with van der Waals surface area (Å²) >= 11 is 0. The molecule has 0 amide bonds. The molecule has 8 nitrogen and oxygen atoms in total. The van der Waals surface area contributed by atoms with Crippen LogP contribution in [-0.2, 0) is 21.5 Å². The minimum atomic E-state index is -0.623. The summed E-state index contributed by atoms with van der Waals surface area (Å²) in [7, 11) is 1.49. The Morgan fingerprint density at radius 1 is 1.02 bits per heavy atom. The lowest BCUT2D eigenvalue weighted by atomic mass is 9.56. The molecule has 4 saturated heterocycles. The van der Waals surface area contributed by atoms with Crippen molar-refractivity contribution in [3.8, 4) is 6.07 Å². The molecule has 7 rings (SSSR count). The van der Waals surface area contributed by atoms with Crippen molar-refractivity contribution >= 4 is 11.7 Å². The molecule has 1 aliphatic carbocycles. The molecule has 1 saturated carbocycles. The molecule has 3 atom stereocenters. The van der Waals surface area contributed by atoms with Gasteiger partial charge in [-0.3, -0.25) is 9.69 Å². The van der Waals surface area contributed by atoms with Gasteiger partial charge < -0.3 is 24.5 Å². The fourth-order valence-corrected chi connectivity index (χ4v) is 10.2. The van der Waals surface area contributed by atoms with Crippen LogP contribution < -0.4 is 4.90 Å². The molecule has 49 heavy (non-hydrogen) atoms. The number of esters is 1. The van der Waals surface area contributed by atoms with Gasteiger partial charge in [-0.2, -0.15) is 5.26 Å². The minimum Gasteiger partial charge on any atom is -0.469 e. The fourth-order valence-electron chi connectivity index (χ4n) is 10.2. The van der Waals surface area contributed by atoms with E-state index in [1.54, 1.807) is 6.07 Å². The van der Waals surface area contributed by atoms with Gasteiger partial charge in [0.05, 0.1) is 24.3 Å². The molecule has 4 aliphatic heterocycles. The van der Waals surface area contributed by atoms with Crippen molar-refractivity contribution < 1.29 is 19.0 Å². The predicted molar refractivity (Wildman–Crippen MR) is 189 cm³/mol. The molecular formula is C40H54FN5O3. The highest BCUT2D eigenvalue weighted by molar-refractivity contribution is 5.69. The molecule has 2 aromatic carbocycles. The maximum atomic E-state index is 15.0. The number of carbonyl (C=O) groups is 1. The number of ether oxygens (including phenoxy) is 1. The van der Waals surface area contributed by atoms with E-state index in [1.165, 1.54) is 19.2 Å². The normalized spacial score (nSPS) is 26.3. The van der Waals surface area contributed by atoms with E-state index in [2.05, 4.69) is 43.9 Å². The van der Waals surface area contributed by atoms with E-state index in [0.717, 1.165) is 95.6 Å². The van der Waals surface area contributed by atoms with Crippen molar-refractivity contribution in [2.24, 2.45) is 23.7 Å². The van der Waals surface area contributed by atoms with Crippen molar-refractivity contribution in [3.05, 3.63) is 65.0 Å². The average Bonchev–Trinajstić information content (AvgIpc) is 3.50. The lowest BCUT2D eigenvalue weighted by Gasteiger charge is -2.54. The number of β-amino-alcohol motifs (C(OH)–C–C–N with tert-alkyl or cyclic N) is 1. The lowest BCUT2D eigenvalue weighted by Crippen LogP contribution is -2.59. The summed E-state index contributed by atoms with van der Waals surface area (Å²) in [4.78, 5) is 22.4. The van der Waals surface area contributed by atoms with Gasteiger partial charge in [0.2, 0.25) is 0 Å². The Bertz CT molecular complexity index is 1520. The quantitative estimate of drug-likeness (QED) is 0.315. The molecule has 5 aliphatic rings. The number of carbonyl (C=O) groups excluding carboxylic acids is 1. The van der Waals surface area contributed by atoms with Crippen LogP contribution in [0.5, 0.6) is 0 Å². The topological polar surface area (TPSA) is 83.3 Å². The van der Waals surface area contributed by atoms with Crippen LogP contribution >= 0.6 is 0 Å². The molecule has 264 valence electrons. The summed E-state index contributed by atoms with van der Waals surface area (Å²) in [6.45, 7) is 12.2. The van der Waals surface area contributed by atoms with E-state index in [9.17, 15) is 19.6 Å². The van der Waals surface area contributed by atoms with Crippen molar-refractivity contribution in [1.82, 2.24) is 14.7 Å². The highest BCUT2D eigenvalue weighted by Crippen LogP contribution is 2.54. The van der Waals surface area contributed by atoms with Gasteiger partial charge in [0.1, 0.15) is 5.82 Å². The Balaban J connectivity index is 1.02. The number of hydrogen-bond donors (Lipinski definition) is 1. The zero-order chi connectivity index (χ0) is 34.2. The number of anilines is 1. The standard InChI is InChI=1S/C40H54FN5O3/c1-39(48)26-45(27-39)25-32-18-36(11-10-31(32)21-42)46-23-29(24-46)22-43-16-12-33(13-17-43)40(28-44-14-5-15-44,34-7-4-8-35(41)20-34)37-9-3-6-30(37)19-38(47)49-2/h4,7-8,10-11,18,20,29-30,33,37,48H,3,5-6,9,12-17,19,22-28H2,1-2H3/t30-,37+,40+/m1/s1. The van der Waals surface area contributed by atoms with Crippen molar-refractivity contribution in [2.45, 2.75) is 69.4 Å². The van der Waals surface area contributed by atoms with Crippen LogP contribution in [0.3, 0.4) is 0 Å². The van der Waals surface area contributed by atoms with Crippen LogP contribution in [-0.4, -0.2) is 104 Å². The molecule has 0 bridgehead atoms. The average molecular weight is 672 g/mol. The number of nitriles is 1. The molecule has 0 unspecified atom stereocenters.